The highest BCUT2D eigenvalue weighted by Crippen LogP contribution is 2.22. The number of esters is 1. The van der Waals surface area contributed by atoms with E-state index in [2.05, 4.69) is 36.4 Å². The van der Waals surface area contributed by atoms with Gasteiger partial charge in [-0.15, -0.1) is 0 Å². The van der Waals surface area contributed by atoms with Crippen LogP contribution < -0.4 is 10.2 Å². The lowest BCUT2D eigenvalue weighted by Gasteiger charge is -2.08. The zero-order chi connectivity index (χ0) is 19.1. The van der Waals surface area contributed by atoms with Crippen LogP contribution in [0.5, 0.6) is 5.75 Å². The Morgan fingerprint density at radius 1 is 1.11 bits per heavy atom. The Hall–Kier alpha value is -3.39. The minimum absolute atomic E-state index is 0.139. The molecule has 3 rings (SSSR count). The van der Waals surface area contributed by atoms with E-state index in [1.807, 2.05) is 6.07 Å². The molecule has 1 N–H and O–H groups in total. The molecule has 0 aliphatic rings. The Kier molecular flexibility index (Phi) is 6.01. The van der Waals surface area contributed by atoms with Crippen LogP contribution in [0, 0.1) is 0 Å². The summed E-state index contributed by atoms with van der Waals surface area (Å²) in [6.45, 7) is 0. The van der Waals surface area contributed by atoms with Gasteiger partial charge in [-0.2, -0.15) is 5.10 Å². The summed E-state index contributed by atoms with van der Waals surface area (Å²) >= 11 is 3.36. The molecule has 0 saturated heterocycles. The second-order valence-electron chi connectivity index (χ2n) is 5.23. The summed E-state index contributed by atoms with van der Waals surface area (Å²) in [6, 6.07) is 13.7. The molecule has 8 heteroatoms. The summed E-state index contributed by atoms with van der Waals surface area (Å²) < 4.78 is 6.21. The number of carbonyl (C=O) groups is 2. The lowest BCUT2D eigenvalue weighted by molar-refractivity contribution is 0.0734. The minimum atomic E-state index is -0.503. The molecule has 7 nitrogen and oxygen atoms in total. The summed E-state index contributed by atoms with van der Waals surface area (Å²) in [4.78, 5) is 31.9. The fourth-order valence-electron chi connectivity index (χ4n) is 2.08. The van der Waals surface area contributed by atoms with Gasteiger partial charge in [0, 0.05) is 22.4 Å². The zero-order valence-corrected chi connectivity index (χ0v) is 15.5. The highest BCUT2D eigenvalue weighted by Gasteiger charge is 2.11. The number of hydrogen-bond donors (Lipinski definition) is 1. The van der Waals surface area contributed by atoms with Gasteiger partial charge in [0.1, 0.15) is 11.4 Å². The lowest BCUT2D eigenvalue weighted by atomic mass is 10.2. The first-order valence-electron chi connectivity index (χ1n) is 7.79. The van der Waals surface area contributed by atoms with Crippen molar-refractivity contribution < 1.29 is 14.3 Å². The van der Waals surface area contributed by atoms with Crippen molar-refractivity contribution in [1.29, 1.82) is 0 Å². The fraction of sp³-hybridized carbons (Fsp3) is 0. The molecule has 27 heavy (non-hydrogen) atoms. The van der Waals surface area contributed by atoms with E-state index < -0.39 is 11.9 Å². The van der Waals surface area contributed by atoms with Gasteiger partial charge in [-0.1, -0.05) is 34.1 Å². The first kappa shape index (κ1) is 18.4. The van der Waals surface area contributed by atoms with Gasteiger partial charge in [0.25, 0.3) is 5.91 Å². The number of nitrogens with one attached hydrogen (secondary N) is 1. The summed E-state index contributed by atoms with van der Waals surface area (Å²) in [6.07, 6.45) is 5.59. The fourth-order valence-corrected chi connectivity index (χ4v) is 2.46. The maximum Gasteiger partial charge on any atom is 0.343 e. The predicted octanol–water partition coefficient (Wildman–Crippen LogP) is 3.22. The number of nitrogens with zero attached hydrogens (tertiary/aromatic N) is 3. The van der Waals surface area contributed by atoms with E-state index in [4.69, 9.17) is 4.74 Å². The van der Waals surface area contributed by atoms with Crippen molar-refractivity contribution in [2.45, 2.75) is 0 Å². The molecule has 0 fully saturated rings. The molecule has 0 atom stereocenters. The lowest BCUT2D eigenvalue weighted by Crippen LogP contribution is -2.19. The first-order chi connectivity index (χ1) is 13.1. The number of benzene rings is 2. The van der Waals surface area contributed by atoms with Gasteiger partial charge in [0.2, 0.25) is 0 Å². The topological polar surface area (TPSA) is 93.5 Å². The van der Waals surface area contributed by atoms with Gasteiger partial charge in [0.05, 0.1) is 18.0 Å². The van der Waals surface area contributed by atoms with Crippen LogP contribution in [0.4, 0.5) is 0 Å². The predicted molar refractivity (Wildman–Crippen MR) is 103 cm³/mol. The van der Waals surface area contributed by atoms with Crippen LogP contribution in [0.15, 0.2) is 76.7 Å². The average molecular weight is 425 g/mol. The van der Waals surface area contributed by atoms with E-state index in [9.17, 15) is 9.59 Å². The Labute approximate surface area is 163 Å². The quantitative estimate of drug-likeness (QED) is 0.293. The van der Waals surface area contributed by atoms with E-state index in [0.717, 1.165) is 4.47 Å². The average Bonchev–Trinajstić information content (AvgIpc) is 2.71. The Morgan fingerprint density at radius 2 is 1.93 bits per heavy atom. The van der Waals surface area contributed by atoms with E-state index in [1.165, 1.54) is 24.8 Å². The van der Waals surface area contributed by atoms with E-state index in [1.54, 1.807) is 42.5 Å². The minimum Gasteiger partial charge on any atom is -0.422 e. The maximum atomic E-state index is 12.3. The molecule has 134 valence electrons. The van der Waals surface area contributed by atoms with Crippen molar-refractivity contribution in [2.24, 2.45) is 5.10 Å². The molecule has 0 spiro atoms. The van der Waals surface area contributed by atoms with Crippen LogP contribution >= 0.6 is 15.9 Å². The van der Waals surface area contributed by atoms with Crippen LogP contribution in [0.3, 0.4) is 0 Å². The number of aromatic nitrogens is 2. The van der Waals surface area contributed by atoms with Crippen LogP contribution in [0.2, 0.25) is 0 Å². The summed E-state index contributed by atoms with van der Waals surface area (Å²) in [5.41, 5.74) is 3.43. The third-order valence-electron chi connectivity index (χ3n) is 3.35. The molecular weight excluding hydrogens is 412 g/mol. The zero-order valence-electron chi connectivity index (χ0n) is 13.9. The number of hydrazone groups is 1. The van der Waals surface area contributed by atoms with Crippen molar-refractivity contribution in [3.05, 3.63) is 88.4 Å². The van der Waals surface area contributed by atoms with Gasteiger partial charge in [-0.25, -0.2) is 15.2 Å². The molecule has 0 saturated carbocycles. The molecule has 0 aliphatic heterocycles. The molecule has 0 radical (unpaired) electrons. The first-order valence-corrected chi connectivity index (χ1v) is 8.59. The highest BCUT2D eigenvalue weighted by molar-refractivity contribution is 9.10. The van der Waals surface area contributed by atoms with Gasteiger partial charge >= 0.3 is 5.97 Å². The number of carbonyl (C=O) groups excluding carboxylic acids is 2. The molecular formula is C19H13BrN4O3. The summed E-state index contributed by atoms with van der Waals surface area (Å²) in [7, 11) is 0. The molecule has 0 aliphatic carbocycles. The highest BCUT2D eigenvalue weighted by atomic mass is 79.9. The van der Waals surface area contributed by atoms with E-state index in [-0.39, 0.29) is 5.69 Å². The second-order valence-corrected chi connectivity index (χ2v) is 6.14. The Bertz CT molecular complexity index is 979. The smallest absolute Gasteiger partial charge is 0.343 e. The summed E-state index contributed by atoms with van der Waals surface area (Å²) in [5.74, 6) is -0.683. The van der Waals surface area contributed by atoms with Crippen molar-refractivity contribution in [2.75, 3.05) is 0 Å². The van der Waals surface area contributed by atoms with Crippen molar-refractivity contribution in [3.63, 3.8) is 0 Å². The number of halogens is 1. The monoisotopic (exact) mass is 424 g/mol. The SMILES string of the molecule is O=C(Oc1ccc(Br)cc1C=NNC(=O)c1cnccn1)c1ccccc1. The van der Waals surface area contributed by atoms with Crippen molar-refractivity contribution in [1.82, 2.24) is 15.4 Å². The van der Waals surface area contributed by atoms with Gasteiger partial charge in [-0.05, 0) is 30.3 Å². The van der Waals surface area contributed by atoms with Gasteiger partial charge in [-0.3, -0.25) is 9.78 Å². The number of hydrogen-bond acceptors (Lipinski definition) is 6. The normalized spacial score (nSPS) is 10.6. The number of rotatable bonds is 5. The van der Waals surface area contributed by atoms with Crippen LogP contribution in [-0.2, 0) is 0 Å². The van der Waals surface area contributed by atoms with Crippen LogP contribution in [0.25, 0.3) is 0 Å². The molecule has 1 aromatic heterocycles. The third-order valence-corrected chi connectivity index (χ3v) is 3.84. The maximum absolute atomic E-state index is 12.3. The van der Waals surface area contributed by atoms with E-state index >= 15 is 0 Å². The molecule has 1 amide bonds. The standard InChI is InChI=1S/C19H13BrN4O3/c20-15-6-7-17(27-19(26)13-4-2-1-3-5-13)14(10-15)11-23-24-18(25)16-12-21-8-9-22-16/h1-12H,(H,24,25). The second kappa shape index (κ2) is 8.81. The Balaban J connectivity index is 1.74. The summed E-state index contributed by atoms with van der Waals surface area (Å²) in [5, 5.41) is 3.90. The van der Waals surface area contributed by atoms with Crippen LogP contribution in [0.1, 0.15) is 26.4 Å². The van der Waals surface area contributed by atoms with Gasteiger partial charge in [0.15, 0.2) is 0 Å². The van der Waals surface area contributed by atoms with Crippen molar-refractivity contribution in [3.8, 4) is 5.75 Å². The molecule has 0 bridgehead atoms. The van der Waals surface area contributed by atoms with Gasteiger partial charge < -0.3 is 4.74 Å². The largest absolute Gasteiger partial charge is 0.422 e. The molecule has 1 heterocycles. The molecule has 3 aromatic rings. The molecule has 2 aromatic carbocycles. The molecule has 0 unspecified atom stereocenters. The van der Waals surface area contributed by atoms with Crippen LogP contribution in [-0.4, -0.2) is 28.1 Å². The third kappa shape index (κ3) is 5.05. The number of amides is 1. The Morgan fingerprint density at radius 3 is 2.67 bits per heavy atom. The van der Waals surface area contributed by atoms with E-state index in [0.29, 0.717) is 16.9 Å². The van der Waals surface area contributed by atoms with Crippen molar-refractivity contribution >= 4 is 34.0 Å². The number of ether oxygens (including phenoxy) is 1.